The molecule has 2 aliphatic carbocycles. The Morgan fingerprint density at radius 2 is 1.12 bits per heavy atom. The number of benzene rings is 2. The molecule has 2 fully saturated rings. The SMILES string of the molecule is C=CCOC(=O)C[C@](O)(CCCC(C)(C)O)C(=O)OC1C(C)=CC23CCCN2CCc2cc4c(cc2[C@H]13)OCO4.C=C[C@](O)(CCCC(C)(C)O)C(=O)OC1C(C)=CC23CCCN2CCc2cc4c(cc2[C@H]13)OCO4. The van der Waals surface area contributed by atoms with Crippen LogP contribution in [0.5, 0.6) is 23.0 Å². The van der Waals surface area contributed by atoms with Gasteiger partial charge in [0.25, 0.3) is 0 Å². The molecule has 0 bridgehead atoms. The molecule has 8 atom stereocenters. The average molecular weight is 1040 g/mol. The lowest BCUT2D eigenvalue weighted by Gasteiger charge is -2.40. The highest BCUT2D eigenvalue weighted by Crippen LogP contribution is 2.57. The molecule has 0 aromatic heterocycles. The fourth-order valence-electron chi connectivity index (χ4n) is 13.4. The number of esters is 3. The lowest BCUT2D eigenvalue weighted by atomic mass is 9.77. The van der Waals surface area contributed by atoms with Crippen molar-refractivity contribution in [3.63, 3.8) is 0 Å². The molecule has 0 saturated carbocycles. The highest BCUT2D eigenvalue weighted by molar-refractivity contribution is 5.86. The zero-order valence-corrected chi connectivity index (χ0v) is 44.8. The van der Waals surface area contributed by atoms with Gasteiger partial charge in [-0.15, -0.1) is 0 Å². The van der Waals surface area contributed by atoms with E-state index in [9.17, 15) is 34.8 Å². The lowest BCUT2D eigenvalue weighted by molar-refractivity contribution is -0.177. The van der Waals surface area contributed by atoms with Crippen LogP contribution in [-0.4, -0.2) is 140 Å². The molecule has 2 saturated heterocycles. The quantitative estimate of drug-likeness (QED) is 0.0705. The molecular formula is C59H78N2O14. The smallest absolute Gasteiger partial charge is 0.342 e. The van der Waals surface area contributed by atoms with E-state index in [1.54, 1.807) is 27.7 Å². The number of nitrogens with zero attached hydrogens (tertiary/aromatic N) is 2. The molecule has 408 valence electrons. The maximum atomic E-state index is 13.8. The number of carbonyl (C=O) groups is 3. The Morgan fingerprint density at radius 1 is 0.667 bits per heavy atom. The average Bonchev–Trinajstić information content (AvgIpc) is 4.23. The fourth-order valence-corrected chi connectivity index (χ4v) is 13.4. The van der Waals surface area contributed by atoms with Crippen LogP contribution in [0.4, 0.5) is 0 Å². The zero-order chi connectivity index (χ0) is 53.7. The Hall–Kier alpha value is -5.23. The predicted molar refractivity (Wildman–Crippen MR) is 279 cm³/mol. The normalized spacial score (nSPS) is 27.7. The second kappa shape index (κ2) is 21.0. The van der Waals surface area contributed by atoms with Gasteiger partial charge in [0.05, 0.1) is 28.7 Å². The van der Waals surface area contributed by atoms with Gasteiger partial charge >= 0.3 is 17.9 Å². The minimum Gasteiger partial charge on any atom is -0.461 e. The van der Waals surface area contributed by atoms with E-state index in [1.807, 2.05) is 26.0 Å². The van der Waals surface area contributed by atoms with E-state index in [-0.39, 0.29) is 55.9 Å². The van der Waals surface area contributed by atoms with Crippen molar-refractivity contribution in [2.24, 2.45) is 0 Å². The number of ether oxygens (including phenoxy) is 7. The maximum absolute atomic E-state index is 13.8. The summed E-state index contributed by atoms with van der Waals surface area (Å²) in [6, 6.07) is 8.23. The molecule has 16 heteroatoms. The molecule has 0 amide bonds. The zero-order valence-electron chi connectivity index (χ0n) is 44.8. The molecule has 4 N–H and O–H groups in total. The van der Waals surface area contributed by atoms with Crippen molar-refractivity contribution in [3.8, 4) is 23.0 Å². The van der Waals surface area contributed by atoms with Gasteiger partial charge in [0, 0.05) is 24.9 Å². The van der Waals surface area contributed by atoms with E-state index in [4.69, 9.17) is 33.2 Å². The van der Waals surface area contributed by atoms with E-state index in [1.165, 1.54) is 17.7 Å². The first-order chi connectivity index (χ1) is 35.5. The summed E-state index contributed by atoms with van der Waals surface area (Å²) in [6.45, 7) is 22.2. The van der Waals surface area contributed by atoms with Gasteiger partial charge in [-0.25, -0.2) is 9.59 Å². The summed E-state index contributed by atoms with van der Waals surface area (Å²) in [5.74, 6) is 0.364. The van der Waals surface area contributed by atoms with Gasteiger partial charge in [0.2, 0.25) is 13.6 Å². The Labute approximate surface area is 441 Å². The molecule has 2 aromatic rings. The van der Waals surface area contributed by atoms with Crippen LogP contribution in [0.3, 0.4) is 0 Å². The van der Waals surface area contributed by atoms with Crippen LogP contribution in [0.2, 0.25) is 0 Å². The first-order valence-electron chi connectivity index (χ1n) is 27.0. The van der Waals surface area contributed by atoms with E-state index < -0.39 is 58.9 Å². The van der Waals surface area contributed by atoms with Gasteiger partial charge in [0.15, 0.2) is 34.2 Å². The van der Waals surface area contributed by atoms with Gasteiger partial charge in [-0.1, -0.05) is 31.4 Å². The Kier molecular flexibility index (Phi) is 15.2. The number of aliphatic hydroxyl groups is 4. The van der Waals surface area contributed by atoms with Crippen LogP contribution in [0, 0.1) is 0 Å². The third-order valence-corrected chi connectivity index (χ3v) is 17.0. The monoisotopic (exact) mass is 1040 g/mol. The summed E-state index contributed by atoms with van der Waals surface area (Å²) in [7, 11) is 0. The summed E-state index contributed by atoms with van der Waals surface area (Å²) in [5, 5.41) is 43.0. The van der Waals surface area contributed by atoms with E-state index in [0.717, 1.165) is 110 Å². The van der Waals surface area contributed by atoms with Gasteiger partial charge in [-0.2, -0.15) is 0 Å². The maximum Gasteiger partial charge on any atom is 0.342 e. The number of hydrogen-bond donors (Lipinski definition) is 4. The molecule has 4 unspecified atom stereocenters. The summed E-state index contributed by atoms with van der Waals surface area (Å²) >= 11 is 0. The van der Waals surface area contributed by atoms with Crippen molar-refractivity contribution in [2.75, 3.05) is 46.4 Å². The molecule has 16 nitrogen and oxygen atoms in total. The van der Waals surface area contributed by atoms with Gasteiger partial charge < -0.3 is 53.6 Å². The van der Waals surface area contributed by atoms with Crippen LogP contribution in [0.15, 0.2) is 72.9 Å². The highest BCUT2D eigenvalue weighted by Gasteiger charge is 2.59. The third kappa shape index (κ3) is 10.8. The van der Waals surface area contributed by atoms with Crippen LogP contribution < -0.4 is 18.9 Å². The van der Waals surface area contributed by atoms with Crippen LogP contribution in [0.1, 0.15) is 146 Å². The Bertz CT molecular complexity index is 2610. The Balaban J connectivity index is 0.000000185. The molecule has 6 heterocycles. The van der Waals surface area contributed by atoms with Gasteiger partial charge in [-0.3, -0.25) is 14.6 Å². The molecule has 10 rings (SSSR count). The highest BCUT2D eigenvalue weighted by atomic mass is 16.7. The summed E-state index contributed by atoms with van der Waals surface area (Å²) in [6.07, 6.45) is 13.0. The number of fused-ring (bicyclic) bond motifs is 6. The molecular weight excluding hydrogens is 961 g/mol. The molecule has 8 aliphatic rings. The second-order valence-corrected chi connectivity index (χ2v) is 23.5. The third-order valence-electron chi connectivity index (χ3n) is 17.0. The van der Waals surface area contributed by atoms with Crippen molar-refractivity contribution in [2.45, 2.75) is 183 Å². The van der Waals surface area contributed by atoms with E-state index in [2.05, 4.69) is 47.2 Å². The summed E-state index contributed by atoms with van der Waals surface area (Å²) in [4.78, 5) is 44.8. The molecule has 75 heavy (non-hydrogen) atoms. The van der Waals surface area contributed by atoms with Crippen molar-refractivity contribution in [3.05, 3.63) is 95.1 Å². The summed E-state index contributed by atoms with van der Waals surface area (Å²) in [5.41, 5.74) is 0.171. The van der Waals surface area contributed by atoms with E-state index in [0.29, 0.717) is 31.4 Å². The topological polar surface area (TPSA) is 203 Å². The second-order valence-electron chi connectivity index (χ2n) is 23.5. The number of rotatable bonds is 17. The summed E-state index contributed by atoms with van der Waals surface area (Å²) < 4.78 is 40.3. The van der Waals surface area contributed by atoms with Crippen molar-refractivity contribution in [1.29, 1.82) is 0 Å². The predicted octanol–water partition coefficient (Wildman–Crippen LogP) is 7.17. The van der Waals surface area contributed by atoms with Crippen LogP contribution in [0.25, 0.3) is 0 Å². The number of carbonyl (C=O) groups excluding carboxylic acids is 3. The Morgan fingerprint density at radius 3 is 1.57 bits per heavy atom. The number of hydrogen-bond acceptors (Lipinski definition) is 16. The van der Waals surface area contributed by atoms with Gasteiger partial charge in [-0.05, 0) is 195 Å². The standard InChI is InChI=1S/C31H41NO8.C28H37NO6/c1-5-14-37-25(33)18-31(36,11-6-9-29(3,4)35)28(34)40-27-20(2)17-30-10-7-12-32(30)13-8-21-15-23-24(39-19-38-23)16-22(21)26(27)30;1-5-28(32,11-6-9-26(3,4)31)25(30)35-24-18(2)16-27-10-7-12-29(27)13-8-19-14-21-22(34-17-33-21)15-20(19)23(24)27/h5,15-17,26-27,35-36H,1,6-14,18-19H2,2-4H3;5,14-16,23-24,31-32H,1,6-13,17H2,2-4H3/t26-,27?,30?,31-;23-,24?,27?,28+/m11/s1. The lowest BCUT2D eigenvalue weighted by Crippen LogP contribution is -2.49. The van der Waals surface area contributed by atoms with Crippen molar-refractivity contribution in [1.82, 2.24) is 9.80 Å². The van der Waals surface area contributed by atoms with Crippen molar-refractivity contribution < 1.29 is 68.0 Å². The minimum atomic E-state index is -2.10. The molecule has 2 aromatic carbocycles. The molecule has 6 aliphatic heterocycles. The van der Waals surface area contributed by atoms with E-state index >= 15 is 0 Å². The largest absolute Gasteiger partial charge is 0.461 e. The van der Waals surface area contributed by atoms with Crippen molar-refractivity contribution >= 4 is 17.9 Å². The molecule has 0 radical (unpaired) electrons. The minimum absolute atomic E-state index is 0.0224. The van der Waals surface area contributed by atoms with Gasteiger partial charge in [0.1, 0.15) is 18.8 Å². The fraction of sp³-hybridized carbons (Fsp3) is 0.610. The first-order valence-corrected chi connectivity index (χ1v) is 27.0. The van der Waals surface area contributed by atoms with Crippen LogP contribution >= 0.6 is 0 Å². The molecule has 2 spiro atoms. The first kappa shape index (κ1) is 54.6. The van der Waals surface area contributed by atoms with Crippen LogP contribution in [-0.2, 0) is 41.4 Å².